The monoisotopic (exact) mass is 354 g/mol. The second-order valence-electron chi connectivity index (χ2n) is 5.74. The number of rotatable bonds is 5. The molecule has 0 spiro atoms. The average Bonchev–Trinajstić information content (AvgIpc) is 3.32. The van der Waals surface area contributed by atoms with Gasteiger partial charge in [0.15, 0.2) is 10.8 Å². The molecule has 0 aromatic carbocycles. The van der Waals surface area contributed by atoms with Crippen LogP contribution >= 0.6 is 11.3 Å². The predicted octanol–water partition coefficient (Wildman–Crippen LogP) is 2.18. The fraction of sp³-hybridized carbons (Fsp3) is 0.312. The van der Waals surface area contributed by atoms with Gasteiger partial charge in [0.05, 0.1) is 12.2 Å². The summed E-state index contributed by atoms with van der Waals surface area (Å²) in [5.74, 6) is 2.51. The van der Waals surface area contributed by atoms with E-state index in [0.717, 1.165) is 23.8 Å². The summed E-state index contributed by atoms with van der Waals surface area (Å²) in [5.41, 5.74) is 6.84. The minimum absolute atomic E-state index is 0.469. The number of hydrogen-bond acceptors (Lipinski definition) is 9. The Morgan fingerprint density at radius 3 is 2.72 bits per heavy atom. The molecule has 0 saturated carbocycles. The molecule has 9 heteroatoms. The fourth-order valence-electron chi connectivity index (χ4n) is 2.68. The summed E-state index contributed by atoms with van der Waals surface area (Å²) in [5, 5.41) is 6.07. The lowest BCUT2D eigenvalue weighted by Gasteiger charge is -2.16. The Balaban J connectivity index is 1.45. The average molecular weight is 354 g/mol. The summed E-state index contributed by atoms with van der Waals surface area (Å²) in [6, 6.07) is 3.53. The summed E-state index contributed by atoms with van der Waals surface area (Å²) < 4.78 is 0. The molecule has 8 nitrogen and oxygen atoms in total. The smallest absolute Gasteiger partial charge is 0.229 e. The number of nitrogens with zero attached hydrogens (tertiary/aromatic N) is 6. The molecule has 25 heavy (non-hydrogen) atoms. The Hall–Kier alpha value is -2.81. The van der Waals surface area contributed by atoms with E-state index >= 15 is 0 Å². The zero-order valence-corrected chi connectivity index (χ0v) is 14.4. The third kappa shape index (κ3) is 3.66. The van der Waals surface area contributed by atoms with Gasteiger partial charge in [0.25, 0.3) is 0 Å². The lowest BCUT2D eigenvalue weighted by molar-refractivity contribution is 0.898. The van der Waals surface area contributed by atoms with E-state index in [1.165, 1.54) is 24.2 Å². The second kappa shape index (κ2) is 6.98. The third-order valence-corrected chi connectivity index (χ3v) is 4.77. The van der Waals surface area contributed by atoms with Crippen LogP contribution in [-0.4, -0.2) is 38.0 Å². The van der Waals surface area contributed by atoms with Crippen LogP contribution in [0.4, 0.5) is 17.6 Å². The van der Waals surface area contributed by atoms with Crippen molar-refractivity contribution in [3.05, 3.63) is 35.6 Å². The van der Waals surface area contributed by atoms with Crippen molar-refractivity contribution in [2.24, 2.45) is 0 Å². The molecule has 0 aliphatic carbocycles. The highest BCUT2D eigenvalue weighted by molar-refractivity contribution is 7.13. The Kier molecular flexibility index (Phi) is 4.38. The largest absolute Gasteiger partial charge is 0.383 e. The molecule has 1 aliphatic heterocycles. The molecule has 1 fully saturated rings. The van der Waals surface area contributed by atoms with E-state index < -0.39 is 0 Å². The molecule has 1 saturated heterocycles. The Bertz CT molecular complexity index is 844. The Labute approximate surface area is 149 Å². The molecular formula is C16H18N8S. The summed E-state index contributed by atoms with van der Waals surface area (Å²) >= 11 is 1.52. The number of thiazole rings is 1. The Morgan fingerprint density at radius 1 is 1.12 bits per heavy atom. The second-order valence-corrected chi connectivity index (χ2v) is 6.60. The van der Waals surface area contributed by atoms with Gasteiger partial charge in [-0.3, -0.25) is 0 Å². The first-order valence-electron chi connectivity index (χ1n) is 8.13. The first kappa shape index (κ1) is 15.7. The summed E-state index contributed by atoms with van der Waals surface area (Å²) in [7, 11) is 0. The highest BCUT2D eigenvalue weighted by atomic mass is 32.1. The van der Waals surface area contributed by atoms with E-state index in [1.807, 2.05) is 5.38 Å². The van der Waals surface area contributed by atoms with Crippen molar-refractivity contribution in [3.63, 3.8) is 0 Å². The molecule has 0 amide bonds. The molecule has 1 aliphatic rings. The fourth-order valence-corrected chi connectivity index (χ4v) is 3.45. The van der Waals surface area contributed by atoms with Crippen LogP contribution < -0.4 is 16.0 Å². The van der Waals surface area contributed by atoms with Gasteiger partial charge >= 0.3 is 0 Å². The van der Waals surface area contributed by atoms with Crippen molar-refractivity contribution >= 4 is 28.9 Å². The van der Waals surface area contributed by atoms with Crippen molar-refractivity contribution in [3.8, 4) is 10.8 Å². The molecule has 3 aromatic rings. The lowest BCUT2D eigenvalue weighted by Crippen LogP contribution is -2.21. The molecule has 4 rings (SSSR count). The summed E-state index contributed by atoms with van der Waals surface area (Å²) in [4.78, 5) is 24.1. The molecule has 128 valence electrons. The van der Waals surface area contributed by atoms with Crippen LogP contribution in [-0.2, 0) is 6.54 Å². The maximum absolute atomic E-state index is 5.93. The third-order valence-electron chi connectivity index (χ3n) is 3.88. The van der Waals surface area contributed by atoms with Gasteiger partial charge in [0.1, 0.15) is 11.6 Å². The van der Waals surface area contributed by atoms with Crippen molar-refractivity contribution in [2.45, 2.75) is 19.4 Å². The summed E-state index contributed by atoms with van der Waals surface area (Å²) in [6.07, 6.45) is 5.77. The zero-order chi connectivity index (χ0) is 17.1. The first-order chi connectivity index (χ1) is 12.3. The normalized spacial score (nSPS) is 14.0. The van der Waals surface area contributed by atoms with Crippen LogP contribution in [0.25, 0.3) is 10.8 Å². The molecule has 0 unspecified atom stereocenters. The minimum atomic E-state index is 0.469. The van der Waals surface area contributed by atoms with Crippen LogP contribution in [0.2, 0.25) is 0 Å². The molecule has 0 bridgehead atoms. The van der Waals surface area contributed by atoms with Crippen molar-refractivity contribution in [2.75, 3.05) is 29.0 Å². The van der Waals surface area contributed by atoms with E-state index in [2.05, 4.69) is 35.1 Å². The highest BCUT2D eigenvalue weighted by Crippen LogP contribution is 2.22. The molecule has 3 aromatic heterocycles. The maximum atomic E-state index is 5.93. The van der Waals surface area contributed by atoms with Gasteiger partial charge in [0.2, 0.25) is 5.95 Å². The van der Waals surface area contributed by atoms with Gasteiger partial charge in [-0.15, -0.1) is 11.3 Å². The lowest BCUT2D eigenvalue weighted by atomic mass is 10.4. The topological polar surface area (TPSA) is 106 Å². The highest BCUT2D eigenvalue weighted by Gasteiger charge is 2.16. The Morgan fingerprint density at radius 2 is 1.92 bits per heavy atom. The number of nitrogens with two attached hydrogens (primary N) is 1. The molecule has 0 radical (unpaired) electrons. The minimum Gasteiger partial charge on any atom is -0.383 e. The predicted molar refractivity (Wildman–Crippen MR) is 98.4 cm³/mol. The standard InChI is InChI=1S/C16H18N8S/c17-12-8-13(23-16(22-12)24-6-1-2-7-24)20-9-11-10-25-15(21-11)14-18-4-3-5-19-14/h3-5,8,10H,1-2,6-7,9H2,(H3,17,20,22,23). The number of hydrogen-bond donors (Lipinski definition) is 2. The van der Waals surface area contributed by atoms with E-state index in [0.29, 0.717) is 30.0 Å². The van der Waals surface area contributed by atoms with Crippen molar-refractivity contribution < 1.29 is 0 Å². The van der Waals surface area contributed by atoms with Crippen LogP contribution in [0.15, 0.2) is 29.9 Å². The van der Waals surface area contributed by atoms with Crippen molar-refractivity contribution in [1.82, 2.24) is 24.9 Å². The number of nitrogen functional groups attached to an aromatic ring is 1. The number of nitrogens with one attached hydrogen (secondary N) is 1. The number of aromatic nitrogens is 5. The zero-order valence-electron chi connectivity index (χ0n) is 13.6. The van der Waals surface area contributed by atoms with Gasteiger partial charge in [-0.1, -0.05) is 0 Å². The molecule has 4 heterocycles. The van der Waals surface area contributed by atoms with Gasteiger partial charge in [-0.25, -0.2) is 15.0 Å². The van der Waals surface area contributed by atoms with Crippen LogP contribution in [0.5, 0.6) is 0 Å². The quantitative estimate of drug-likeness (QED) is 0.718. The molecule has 0 atom stereocenters. The molecular weight excluding hydrogens is 336 g/mol. The SMILES string of the molecule is Nc1cc(NCc2csc(-c3ncccn3)n2)nc(N2CCCC2)n1. The maximum Gasteiger partial charge on any atom is 0.229 e. The van der Waals surface area contributed by atoms with Gasteiger partial charge in [0, 0.05) is 36.9 Å². The molecule has 3 N–H and O–H groups in total. The first-order valence-corrected chi connectivity index (χ1v) is 9.01. The van der Waals surface area contributed by atoms with Crippen molar-refractivity contribution in [1.29, 1.82) is 0 Å². The van der Waals surface area contributed by atoms with Crippen LogP contribution in [0.1, 0.15) is 18.5 Å². The van der Waals surface area contributed by atoms with Gasteiger partial charge < -0.3 is 16.0 Å². The van der Waals surface area contributed by atoms with E-state index in [9.17, 15) is 0 Å². The van der Waals surface area contributed by atoms with E-state index in [-0.39, 0.29) is 0 Å². The van der Waals surface area contributed by atoms with Crippen LogP contribution in [0, 0.1) is 0 Å². The van der Waals surface area contributed by atoms with Gasteiger partial charge in [-0.05, 0) is 18.9 Å². The van der Waals surface area contributed by atoms with Gasteiger partial charge in [-0.2, -0.15) is 9.97 Å². The number of anilines is 3. The van der Waals surface area contributed by atoms with Crippen LogP contribution in [0.3, 0.4) is 0 Å². The van der Waals surface area contributed by atoms with E-state index in [1.54, 1.807) is 24.5 Å². The summed E-state index contributed by atoms with van der Waals surface area (Å²) in [6.45, 7) is 2.52. The van der Waals surface area contributed by atoms with E-state index in [4.69, 9.17) is 5.73 Å².